The quantitative estimate of drug-likeness (QED) is 0.203. The summed E-state index contributed by atoms with van der Waals surface area (Å²) >= 11 is 0. The van der Waals surface area contributed by atoms with Gasteiger partial charge in [0.25, 0.3) is 0 Å². The average molecular weight is 1680 g/mol. The maximum Gasteiger partial charge on any atom is 3.00 e. The van der Waals surface area contributed by atoms with Crippen LogP contribution in [-0.4, -0.2) is 612 Å². The molecule has 0 aliphatic carbocycles. The van der Waals surface area contributed by atoms with Gasteiger partial charge >= 0.3 is 174 Å². The molecule has 0 unspecified atom stereocenters. The van der Waals surface area contributed by atoms with Gasteiger partial charge in [0.05, 0.1) is 0 Å². The van der Waals surface area contributed by atoms with Gasteiger partial charge in [-0.1, -0.05) is 0 Å². The first kappa shape index (κ1) is 169000. The summed E-state index contributed by atoms with van der Waals surface area (Å²) in [5, 5.41) is 0. The first-order chi connectivity index (χ1) is 0. The minimum absolute atomic E-state index is 0. The molecule has 0 heterocycles. The smallest absolute Gasteiger partial charge is 0.870 e. The Bertz CT molecular complexity index is 45.3. The van der Waals surface area contributed by atoms with Crippen molar-refractivity contribution in [3.63, 3.8) is 0 Å². The van der Waals surface area contributed by atoms with Gasteiger partial charge in [-0.05, 0) is 0 Å². The predicted octanol–water partition coefficient (Wildman–Crippen LogP) is -50.3. The van der Waals surface area contributed by atoms with E-state index in [2.05, 4.69) is 0 Å². The molecule has 0 aliphatic heterocycles. The van der Waals surface area contributed by atoms with E-state index in [1.807, 2.05) is 0 Å². The number of rotatable bonds is 0. The van der Waals surface area contributed by atoms with Crippen molar-refractivity contribution in [3.05, 3.63) is 0 Å². The van der Waals surface area contributed by atoms with E-state index >= 15 is 0 Å². The molecular formula is H130Al10O80. The van der Waals surface area contributed by atoms with Crippen LogP contribution in [0.2, 0.25) is 0 Å². The number of hydrogen-bond donors (Lipinski definition) is 0. The van der Waals surface area contributed by atoms with Crippen LogP contribution in [-0.2, 0) is 0 Å². The normalized spacial score (nSPS) is 0. The van der Waals surface area contributed by atoms with Crippen molar-refractivity contribution < 1.29 is 438 Å². The van der Waals surface area contributed by atoms with E-state index in [1.165, 1.54) is 0 Å². The number of hydrogen-bond acceptors (Lipinski definition) is 30. The molecule has 0 aliphatic rings. The molecule has 90 heteroatoms. The largest absolute Gasteiger partial charge is 3.00 e. The van der Waals surface area contributed by atoms with E-state index in [-0.39, 0.29) is 612 Å². The first-order valence-corrected chi connectivity index (χ1v) is 0. The molecule has 0 rings (SSSR count). The maximum atomic E-state index is 0. The van der Waals surface area contributed by atoms with Crippen LogP contribution in [0.3, 0.4) is 0 Å². The molecule has 0 saturated carbocycles. The third-order valence-electron chi connectivity index (χ3n) is 0. The molecule has 0 spiro atoms. The Kier molecular flexibility index (Phi) is 309000000. The molecule has 0 saturated heterocycles. The fourth-order valence-electron chi connectivity index (χ4n) is 0. The van der Waals surface area contributed by atoms with E-state index in [0.29, 0.717) is 0 Å². The van der Waals surface area contributed by atoms with Gasteiger partial charge in [0, 0.05) is 0 Å². The van der Waals surface area contributed by atoms with Crippen molar-refractivity contribution in [3.8, 4) is 0 Å². The predicted molar refractivity (Wildman–Crippen MR) is 296 cm³/mol. The van der Waals surface area contributed by atoms with Crippen molar-refractivity contribution in [2.24, 2.45) is 0 Å². The SMILES string of the molecule is O.O.O.O.O.O.O.O.O.O.O.O.O.O.O.O.O.O.O.O.O.O.O.O.O.O.O.O.O.O.O.O.O.O.O.O.O.O.O.O.O.O.O.O.O.O.O.O.O.O.[Al+3].[Al+3].[Al+3].[Al+3].[Al+3].[Al+3].[Al+3].[Al+3].[Al+3].[Al+3].[OH-].[OH-].[OH-].[OH-].[OH-].[OH-].[OH-].[OH-].[OH-].[OH-].[OH-].[OH-].[OH-].[OH-].[OH-].[OH-].[OH-].[OH-].[OH-].[OH-].[OH-].[OH-].[OH-].[OH-].[OH-].[OH-].[OH-].[OH-].[OH-].[OH-]. The zero-order valence-electron chi connectivity index (χ0n) is 44.2. The van der Waals surface area contributed by atoms with Crippen LogP contribution in [0.15, 0.2) is 0 Å². The van der Waals surface area contributed by atoms with E-state index in [1.54, 1.807) is 0 Å². The minimum Gasteiger partial charge on any atom is -0.870 e. The molecule has 0 fully saturated rings. The molecule has 0 aromatic heterocycles. The maximum absolute atomic E-state index is 0. The van der Waals surface area contributed by atoms with Gasteiger partial charge in [0.1, 0.15) is 0 Å². The second-order valence-electron chi connectivity index (χ2n) is 0. The van der Waals surface area contributed by atoms with Crippen molar-refractivity contribution in [1.29, 1.82) is 0 Å². The molecule has 0 radical (unpaired) electrons. The fourth-order valence-corrected chi connectivity index (χ4v) is 0. The summed E-state index contributed by atoms with van der Waals surface area (Å²) in [7, 11) is 0. The molecule has 0 atom stereocenters. The Balaban J connectivity index is 0. The van der Waals surface area contributed by atoms with Gasteiger partial charge in [0.2, 0.25) is 0 Å². The Hall–Kier alpha value is 2.12. The van der Waals surface area contributed by atoms with Gasteiger partial charge < -0.3 is 438 Å². The Labute approximate surface area is 609 Å². The zero-order chi connectivity index (χ0) is 0. The second kappa shape index (κ2) is 164000. The summed E-state index contributed by atoms with van der Waals surface area (Å²) in [5.74, 6) is 0. The fraction of sp³-hybridized carbons (Fsp3) is 0. The van der Waals surface area contributed by atoms with E-state index < -0.39 is 0 Å². The van der Waals surface area contributed by atoms with Crippen molar-refractivity contribution in [2.75, 3.05) is 0 Å². The minimum atomic E-state index is 0. The second-order valence-corrected chi connectivity index (χ2v) is 0. The monoisotopic (exact) mass is 1680 g/mol. The van der Waals surface area contributed by atoms with Gasteiger partial charge in [-0.25, -0.2) is 0 Å². The molecular weight excluding hydrogens is 1550 g/mol. The Morgan fingerprint density at radius 3 is 0.0333 bits per heavy atom. The van der Waals surface area contributed by atoms with Crippen LogP contribution in [0.25, 0.3) is 0 Å². The molecule has 0 aromatic rings. The summed E-state index contributed by atoms with van der Waals surface area (Å²) in [6, 6.07) is 0. The van der Waals surface area contributed by atoms with Gasteiger partial charge in [-0.3, -0.25) is 0 Å². The third-order valence-corrected chi connectivity index (χ3v) is 0. The molecule has 640 valence electrons. The topological polar surface area (TPSA) is 2480 Å². The van der Waals surface area contributed by atoms with Crippen molar-refractivity contribution in [1.82, 2.24) is 0 Å². The van der Waals surface area contributed by atoms with Gasteiger partial charge in [-0.15, -0.1) is 0 Å². The molecule has 90 heavy (non-hydrogen) atoms. The summed E-state index contributed by atoms with van der Waals surface area (Å²) in [6.07, 6.45) is 0. The van der Waals surface area contributed by atoms with E-state index in [4.69, 9.17) is 0 Å². The summed E-state index contributed by atoms with van der Waals surface area (Å²) in [4.78, 5) is 0. The molecule has 130 N–H and O–H groups in total. The van der Waals surface area contributed by atoms with E-state index in [9.17, 15) is 0 Å². The summed E-state index contributed by atoms with van der Waals surface area (Å²) in [6.45, 7) is 0. The van der Waals surface area contributed by atoms with Crippen LogP contribution < -0.4 is 0 Å². The molecule has 0 aromatic carbocycles. The van der Waals surface area contributed by atoms with Crippen molar-refractivity contribution >= 4 is 174 Å². The first-order valence-electron chi connectivity index (χ1n) is 0. The third kappa shape index (κ3) is 159000. The standard InChI is InChI=1S/10Al.80H2O/h;;;;;;;;;;80*1H2/q10*+3;;;;;;;;;;;;;;;;;;;;;;;;;;;;;;;;;;;;;;;;;;;;;;;;;;;;;;;;;;;;;;;;;;;;;;;;;;;;;;;;/p-30. The van der Waals surface area contributed by atoms with Crippen LogP contribution >= 0.6 is 0 Å². The van der Waals surface area contributed by atoms with Crippen LogP contribution in [0.5, 0.6) is 0 Å². The van der Waals surface area contributed by atoms with Crippen molar-refractivity contribution in [2.45, 2.75) is 0 Å². The molecule has 80 nitrogen and oxygen atoms in total. The molecule has 0 bridgehead atoms. The van der Waals surface area contributed by atoms with Gasteiger partial charge in [0.15, 0.2) is 0 Å². The van der Waals surface area contributed by atoms with Crippen LogP contribution in [0, 0.1) is 0 Å². The van der Waals surface area contributed by atoms with Gasteiger partial charge in [-0.2, -0.15) is 0 Å². The van der Waals surface area contributed by atoms with Crippen LogP contribution in [0.4, 0.5) is 0 Å². The Morgan fingerprint density at radius 1 is 0.0333 bits per heavy atom. The van der Waals surface area contributed by atoms with E-state index in [0.717, 1.165) is 0 Å². The Morgan fingerprint density at radius 2 is 0.0333 bits per heavy atom. The summed E-state index contributed by atoms with van der Waals surface area (Å²) in [5.41, 5.74) is 0. The van der Waals surface area contributed by atoms with Crippen LogP contribution in [0.1, 0.15) is 0 Å². The molecule has 0 amide bonds. The summed E-state index contributed by atoms with van der Waals surface area (Å²) < 4.78 is 0. The average Bonchev–Trinajstić information content (AvgIpc) is 0. The zero-order valence-corrected chi connectivity index (χ0v) is 55.7.